The summed E-state index contributed by atoms with van der Waals surface area (Å²) in [5.74, 6) is -0.603. The van der Waals surface area contributed by atoms with Gasteiger partial charge in [-0.15, -0.1) is 5.10 Å². The molecule has 1 aromatic carbocycles. The van der Waals surface area contributed by atoms with Crippen LogP contribution in [0.5, 0.6) is 0 Å². The highest BCUT2D eigenvalue weighted by Gasteiger charge is 2.24. The van der Waals surface area contributed by atoms with E-state index in [9.17, 15) is 14.0 Å². The third kappa shape index (κ3) is 4.19. The smallest absolute Gasteiger partial charge is 0.413 e. The third-order valence-electron chi connectivity index (χ3n) is 4.90. The summed E-state index contributed by atoms with van der Waals surface area (Å²) in [5, 5.41) is 13.3. The molecule has 0 aliphatic carbocycles. The van der Waals surface area contributed by atoms with Crippen LogP contribution in [-0.4, -0.2) is 32.0 Å². The molecule has 1 aliphatic rings. The molecule has 2 N–H and O–H groups in total. The number of pyridine rings is 1. The fraction of sp³-hybridized carbons (Fsp3) is 0.250. The second-order valence-electron chi connectivity index (χ2n) is 7.00. The summed E-state index contributed by atoms with van der Waals surface area (Å²) < 4.78 is 21.5. The van der Waals surface area contributed by atoms with Crippen LogP contribution >= 0.6 is 11.6 Å². The van der Waals surface area contributed by atoms with Crippen LogP contribution in [0.3, 0.4) is 0 Å². The third-order valence-corrected chi connectivity index (χ3v) is 5.22. The standard InChI is InChI=1S/C20H18ClFN6O3/c1-10(12-4-3-7-23-18(12)21)31-20(30)25-19-17(26-27-28(19)2)13-8-11-5-6-16(29)24-15(11)9-14(13)22/h3-4,7-10H,5-6H2,1-2H3,(H,24,29)(H,25,30)/t10-/m1/s1. The van der Waals surface area contributed by atoms with Gasteiger partial charge in [-0.3, -0.25) is 10.1 Å². The largest absolute Gasteiger partial charge is 0.441 e. The van der Waals surface area contributed by atoms with Crippen molar-refractivity contribution in [3.63, 3.8) is 0 Å². The van der Waals surface area contributed by atoms with Crippen molar-refractivity contribution in [1.29, 1.82) is 0 Å². The fourth-order valence-corrected chi connectivity index (χ4v) is 3.59. The van der Waals surface area contributed by atoms with Crippen molar-refractivity contribution in [3.05, 3.63) is 52.6 Å². The molecule has 3 heterocycles. The number of aryl methyl sites for hydroxylation is 2. The van der Waals surface area contributed by atoms with E-state index < -0.39 is 18.0 Å². The van der Waals surface area contributed by atoms with Gasteiger partial charge in [-0.1, -0.05) is 22.9 Å². The van der Waals surface area contributed by atoms with E-state index in [2.05, 4.69) is 25.9 Å². The van der Waals surface area contributed by atoms with E-state index in [4.69, 9.17) is 16.3 Å². The lowest BCUT2D eigenvalue weighted by Gasteiger charge is -2.18. The summed E-state index contributed by atoms with van der Waals surface area (Å²) >= 11 is 6.05. The van der Waals surface area contributed by atoms with Gasteiger partial charge in [-0.25, -0.2) is 18.9 Å². The molecule has 0 saturated heterocycles. The van der Waals surface area contributed by atoms with Crippen LogP contribution in [0.1, 0.15) is 30.6 Å². The minimum absolute atomic E-state index is 0.142. The fourth-order valence-electron chi connectivity index (χ4n) is 3.31. The summed E-state index contributed by atoms with van der Waals surface area (Å²) in [4.78, 5) is 28.0. The molecule has 11 heteroatoms. The van der Waals surface area contributed by atoms with Gasteiger partial charge in [0, 0.05) is 36.5 Å². The topological polar surface area (TPSA) is 111 Å². The lowest BCUT2D eigenvalue weighted by molar-refractivity contribution is -0.116. The minimum atomic E-state index is -0.787. The Morgan fingerprint density at radius 2 is 2.19 bits per heavy atom. The Kier molecular flexibility index (Phi) is 5.55. The second-order valence-corrected chi connectivity index (χ2v) is 7.36. The van der Waals surface area contributed by atoms with Gasteiger partial charge in [0.15, 0.2) is 5.82 Å². The number of hydrogen-bond acceptors (Lipinski definition) is 6. The molecule has 1 atom stereocenters. The molecule has 160 valence electrons. The molecule has 2 amide bonds. The van der Waals surface area contributed by atoms with Crippen LogP contribution < -0.4 is 10.6 Å². The van der Waals surface area contributed by atoms with Crippen molar-refractivity contribution >= 4 is 35.1 Å². The van der Waals surface area contributed by atoms with Crippen LogP contribution in [0.25, 0.3) is 11.3 Å². The van der Waals surface area contributed by atoms with Gasteiger partial charge in [0.05, 0.1) is 0 Å². The summed E-state index contributed by atoms with van der Waals surface area (Å²) in [6.45, 7) is 1.66. The normalized spacial score (nSPS) is 13.9. The number of rotatable bonds is 4. The van der Waals surface area contributed by atoms with Gasteiger partial charge in [0.1, 0.15) is 22.8 Å². The molecule has 0 saturated carbocycles. The number of halogens is 2. The highest BCUT2D eigenvalue weighted by atomic mass is 35.5. The Morgan fingerprint density at radius 1 is 1.39 bits per heavy atom. The number of aromatic nitrogens is 4. The van der Waals surface area contributed by atoms with E-state index in [0.29, 0.717) is 24.1 Å². The second kappa shape index (κ2) is 8.31. The van der Waals surface area contributed by atoms with Crippen molar-refractivity contribution in [1.82, 2.24) is 20.0 Å². The monoisotopic (exact) mass is 444 g/mol. The first kappa shape index (κ1) is 20.7. The van der Waals surface area contributed by atoms with E-state index in [0.717, 1.165) is 5.56 Å². The van der Waals surface area contributed by atoms with E-state index in [-0.39, 0.29) is 28.1 Å². The summed E-state index contributed by atoms with van der Waals surface area (Å²) in [6, 6.07) is 6.22. The molecule has 31 heavy (non-hydrogen) atoms. The van der Waals surface area contributed by atoms with E-state index >= 15 is 0 Å². The van der Waals surface area contributed by atoms with Crippen molar-refractivity contribution in [3.8, 4) is 11.3 Å². The average molecular weight is 445 g/mol. The number of carbonyl (C=O) groups is 2. The number of nitrogens with zero attached hydrogens (tertiary/aromatic N) is 4. The van der Waals surface area contributed by atoms with Crippen molar-refractivity contribution in [2.45, 2.75) is 25.9 Å². The van der Waals surface area contributed by atoms with Gasteiger partial charge >= 0.3 is 6.09 Å². The molecule has 9 nitrogen and oxygen atoms in total. The van der Waals surface area contributed by atoms with Crippen LogP contribution in [0.4, 0.5) is 20.7 Å². The van der Waals surface area contributed by atoms with E-state index in [1.54, 1.807) is 32.2 Å². The Bertz CT molecular complexity index is 1180. The Labute approximate surface area is 181 Å². The van der Waals surface area contributed by atoms with Crippen molar-refractivity contribution in [2.24, 2.45) is 7.05 Å². The maximum atomic E-state index is 14.8. The zero-order valence-corrected chi connectivity index (χ0v) is 17.4. The first-order chi connectivity index (χ1) is 14.8. The molecule has 3 aromatic rings. The summed E-state index contributed by atoms with van der Waals surface area (Å²) in [7, 11) is 1.56. The predicted octanol–water partition coefficient (Wildman–Crippen LogP) is 3.86. The van der Waals surface area contributed by atoms with Crippen molar-refractivity contribution < 1.29 is 18.7 Å². The van der Waals surface area contributed by atoms with Crippen LogP contribution in [0.2, 0.25) is 5.15 Å². The van der Waals surface area contributed by atoms with Gasteiger partial charge in [-0.2, -0.15) is 0 Å². The zero-order valence-electron chi connectivity index (χ0n) is 16.6. The van der Waals surface area contributed by atoms with Gasteiger partial charge < -0.3 is 10.1 Å². The molecular weight excluding hydrogens is 427 g/mol. The van der Waals surface area contributed by atoms with Crippen LogP contribution in [0.15, 0.2) is 30.5 Å². The Hall–Kier alpha value is -3.53. The highest BCUT2D eigenvalue weighted by molar-refractivity contribution is 6.30. The number of ether oxygens (including phenoxy) is 1. The van der Waals surface area contributed by atoms with Gasteiger partial charge in [-0.05, 0) is 37.1 Å². The quantitative estimate of drug-likeness (QED) is 0.591. The molecule has 4 rings (SSSR count). The average Bonchev–Trinajstić information content (AvgIpc) is 3.07. The van der Waals surface area contributed by atoms with E-state index in [1.807, 2.05) is 0 Å². The minimum Gasteiger partial charge on any atom is -0.441 e. The number of carbonyl (C=O) groups excluding carboxylic acids is 2. The number of fused-ring (bicyclic) bond motifs is 1. The molecule has 0 fully saturated rings. The Balaban J connectivity index is 1.58. The number of benzene rings is 1. The lowest BCUT2D eigenvalue weighted by Crippen LogP contribution is -2.20. The Morgan fingerprint density at radius 3 is 2.97 bits per heavy atom. The number of anilines is 2. The predicted molar refractivity (Wildman–Crippen MR) is 111 cm³/mol. The van der Waals surface area contributed by atoms with Crippen LogP contribution in [0, 0.1) is 5.82 Å². The van der Waals surface area contributed by atoms with Gasteiger partial charge in [0.2, 0.25) is 5.91 Å². The number of hydrogen-bond donors (Lipinski definition) is 2. The molecule has 0 bridgehead atoms. The van der Waals surface area contributed by atoms with Crippen molar-refractivity contribution in [2.75, 3.05) is 10.6 Å². The molecule has 0 unspecified atom stereocenters. The highest BCUT2D eigenvalue weighted by Crippen LogP contribution is 2.34. The zero-order chi connectivity index (χ0) is 22.1. The molecule has 0 spiro atoms. The molecule has 0 radical (unpaired) electrons. The summed E-state index contributed by atoms with van der Waals surface area (Å²) in [6.07, 6.45) is 0.859. The number of amides is 2. The number of nitrogens with one attached hydrogen (secondary N) is 2. The first-order valence-corrected chi connectivity index (χ1v) is 9.81. The van der Waals surface area contributed by atoms with Crippen LogP contribution in [-0.2, 0) is 23.0 Å². The molecular formula is C20H18ClFN6O3. The maximum absolute atomic E-state index is 14.8. The first-order valence-electron chi connectivity index (χ1n) is 9.44. The molecule has 2 aromatic heterocycles. The van der Waals surface area contributed by atoms with E-state index in [1.165, 1.54) is 16.9 Å². The SMILES string of the molecule is C[C@@H](OC(=O)Nc1c(-c2cc3c(cc2F)NC(=O)CC3)nnn1C)c1cccnc1Cl. The van der Waals surface area contributed by atoms with Gasteiger partial charge in [0.25, 0.3) is 0 Å². The maximum Gasteiger partial charge on any atom is 0.413 e. The molecule has 1 aliphatic heterocycles. The summed E-state index contributed by atoms with van der Waals surface area (Å²) in [5.41, 5.74) is 2.04. The lowest BCUT2D eigenvalue weighted by atomic mass is 9.98.